The van der Waals surface area contributed by atoms with Crippen LogP contribution >= 0.6 is 0 Å². The maximum Gasteiger partial charge on any atom is 0.418 e. The number of rotatable bonds is 4. The van der Waals surface area contributed by atoms with Gasteiger partial charge in [0, 0.05) is 17.8 Å². The van der Waals surface area contributed by atoms with Gasteiger partial charge in [0.25, 0.3) is 0 Å². The predicted molar refractivity (Wildman–Crippen MR) is 70.2 cm³/mol. The fraction of sp³-hybridized carbons (Fsp3) is 0.571. The maximum atomic E-state index is 12.9. The number of likely N-dealkylation sites (N-methyl/N-ethyl adjacent to an activating group) is 1. The molecule has 0 aliphatic heterocycles. The van der Waals surface area contributed by atoms with Crippen molar-refractivity contribution >= 4 is 5.69 Å². The van der Waals surface area contributed by atoms with Crippen molar-refractivity contribution in [1.82, 2.24) is 4.90 Å². The summed E-state index contributed by atoms with van der Waals surface area (Å²) in [4.78, 5) is 2.11. The second-order valence-electron chi connectivity index (χ2n) is 5.37. The number of hydrogen-bond acceptors (Lipinski definition) is 2. The molecular formula is C14H19F3N2. The number of hydrogen-bond donors (Lipinski definition) is 1. The van der Waals surface area contributed by atoms with Crippen molar-refractivity contribution < 1.29 is 13.2 Å². The molecule has 2 rings (SSSR count). The van der Waals surface area contributed by atoms with E-state index in [-0.39, 0.29) is 11.2 Å². The fourth-order valence-corrected chi connectivity index (χ4v) is 2.51. The standard InChI is InChI=1S/C14H19F3N2/c1-19(2)13(8-5-9-13)10-18-12-7-4-3-6-11(12)14(15,16)17/h3-4,6-7,18H,5,8-10H2,1-2H3. The van der Waals surface area contributed by atoms with Crippen molar-refractivity contribution in [2.75, 3.05) is 26.0 Å². The van der Waals surface area contributed by atoms with Crippen LogP contribution < -0.4 is 5.32 Å². The van der Waals surface area contributed by atoms with Gasteiger partial charge in [0.1, 0.15) is 0 Å². The zero-order valence-electron chi connectivity index (χ0n) is 11.2. The highest BCUT2D eigenvalue weighted by atomic mass is 19.4. The minimum atomic E-state index is -4.31. The summed E-state index contributed by atoms with van der Waals surface area (Å²) >= 11 is 0. The molecule has 0 unspecified atom stereocenters. The van der Waals surface area contributed by atoms with Crippen LogP contribution in [0.25, 0.3) is 0 Å². The third kappa shape index (κ3) is 2.86. The molecule has 0 radical (unpaired) electrons. The molecule has 1 saturated carbocycles. The van der Waals surface area contributed by atoms with E-state index in [0.29, 0.717) is 6.54 Å². The number of benzene rings is 1. The highest BCUT2D eigenvalue weighted by molar-refractivity contribution is 5.53. The summed E-state index contributed by atoms with van der Waals surface area (Å²) in [6.07, 6.45) is -1.11. The number of alkyl halides is 3. The van der Waals surface area contributed by atoms with Crippen molar-refractivity contribution in [2.24, 2.45) is 0 Å². The Balaban J connectivity index is 2.12. The minimum Gasteiger partial charge on any atom is -0.383 e. The minimum absolute atomic E-state index is 0.00128. The van der Waals surface area contributed by atoms with E-state index in [1.54, 1.807) is 6.07 Å². The topological polar surface area (TPSA) is 15.3 Å². The van der Waals surface area contributed by atoms with Crippen LogP contribution in [0.2, 0.25) is 0 Å². The average molecular weight is 272 g/mol. The summed E-state index contributed by atoms with van der Waals surface area (Å²) in [5.74, 6) is 0. The third-order valence-electron chi connectivity index (χ3n) is 4.07. The van der Waals surface area contributed by atoms with Gasteiger partial charge in [-0.15, -0.1) is 0 Å². The van der Waals surface area contributed by atoms with Crippen LogP contribution in [-0.2, 0) is 6.18 Å². The molecule has 0 amide bonds. The van der Waals surface area contributed by atoms with Gasteiger partial charge in [0.05, 0.1) is 5.56 Å². The zero-order valence-corrected chi connectivity index (χ0v) is 11.2. The number of nitrogens with one attached hydrogen (secondary N) is 1. The summed E-state index contributed by atoms with van der Waals surface area (Å²) in [5.41, 5.74) is -0.426. The first kappa shape index (κ1) is 14.2. The van der Waals surface area contributed by atoms with E-state index in [2.05, 4.69) is 10.2 Å². The Kier molecular flexibility index (Phi) is 3.76. The largest absolute Gasteiger partial charge is 0.418 e. The SMILES string of the molecule is CN(C)C1(CNc2ccccc2C(F)(F)F)CCC1. The van der Waals surface area contributed by atoms with Gasteiger partial charge >= 0.3 is 6.18 Å². The first-order chi connectivity index (χ1) is 8.85. The average Bonchev–Trinajstić information content (AvgIpc) is 2.26. The molecule has 0 spiro atoms. The van der Waals surface area contributed by atoms with Crippen molar-refractivity contribution in [1.29, 1.82) is 0 Å². The van der Waals surface area contributed by atoms with Gasteiger partial charge in [-0.05, 0) is 45.5 Å². The normalized spacial score (nSPS) is 18.2. The van der Waals surface area contributed by atoms with Crippen molar-refractivity contribution in [3.8, 4) is 0 Å². The van der Waals surface area contributed by atoms with Gasteiger partial charge < -0.3 is 10.2 Å². The first-order valence-corrected chi connectivity index (χ1v) is 6.43. The van der Waals surface area contributed by atoms with E-state index in [1.165, 1.54) is 12.1 Å². The Bertz CT molecular complexity index is 437. The second-order valence-corrected chi connectivity index (χ2v) is 5.37. The van der Waals surface area contributed by atoms with Gasteiger partial charge in [0.2, 0.25) is 0 Å². The molecule has 1 aliphatic rings. The van der Waals surface area contributed by atoms with Crippen LogP contribution in [0.15, 0.2) is 24.3 Å². The molecule has 1 fully saturated rings. The van der Waals surface area contributed by atoms with Crippen molar-refractivity contribution in [2.45, 2.75) is 31.0 Å². The first-order valence-electron chi connectivity index (χ1n) is 6.43. The van der Waals surface area contributed by atoms with Crippen LogP contribution in [0, 0.1) is 0 Å². The summed E-state index contributed by atoms with van der Waals surface area (Å²) in [6.45, 7) is 0.549. The smallest absolute Gasteiger partial charge is 0.383 e. The number of anilines is 1. The lowest BCUT2D eigenvalue weighted by Gasteiger charge is -2.47. The monoisotopic (exact) mass is 272 g/mol. The highest BCUT2D eigenvalue weighted by Gasteiger charge is 2.39. The Morgan fingerprint density at radius 1 is 1.21 bits per heavy atom. The third-order valence-corrected chi connectivity index (χ3v) is 4.07. The van der Waals surface area contributed by atoms with E-state index in [9.17, 15) is 13.2 Å². The lowest BCUT2D eigenvalue weighted by Crippen LogP contribution is -2.54. The van der Waals surface area contributed by atoms with Gasteiger partial charge in [0.15, 0.2) is 0 Å². The van der Waals surface area contributed by atoms with Crippen LogP contribution in [-0.4, -0.2) is 31.1 Å². The fourth-order valence-electron chi connectivity index (χ4n) is 2.51. The Labute approximate surface area is 111 Å². The van der Waals surface area contributed by atoms with Crippen LogP contribution in [0.1, 0.15) is 24.8 Å². The number of halogens is 3. The van der Waals surface area contributed by atoms with E-state index < -0.39 is 11.7 Å². The molecule has 0 atom stereocenters. The molecule has 5 heteroatoms. The predicted octanol–water partition coefficient (Wildman–Crippen LogP) is 3.60. The quantitative estimate of drug-likeness (QED) is 0.901. The van der Waals surface area contributed by atoms with E-state index in [1.807, 2.05) is 14.1 Å². The molecule has 1 N–H and O–H groups in total. The van der Waals surface area contributed by atoms with Gasteiger partial charge in [-0.2, -0.15) is 13.2 Å². The van der Waals surface area contributed by atoms with Gasteiger partial charge in [-0.25, -0.2) is 0 Å². The van der Waals surface area contributed by atoms with E-state index in [4.69, 9.17) is 0 Å². The Morgan fingerprint density at radius 3 is 2.32 bits per heavy atom. The molecule has 19 heavy (non-hydrogen) atoms. The van der Waals surface area contributed by atoms with Crippen LogP contribution in [0.4, 0.5) is 18.9 Å². The molecule has 0 heterocycles. The van der Waals surface area contributed by atoms with Crippen LogP contribution in [0.3, 0.4) is 0 Å². The second kappa shape index (κ2) is 5.04. The lowest BCUT2D eigenvalue weighted by atomic mass is 9.75. The molecule has 1 aromatic rings. The van der Waals surface area contributed by atoms with Crippen LogP contribution in [0.5, 0.6) is 0 Å². The zero-order chi connectivity index (χ0) is 14.1. The Morgan fingerprint density at radius 2 is 1.84 bits per heavy atom. The summed E-state index contributed by atoms with van der Waals surface area (Å²) in [5, 5.41) is 2.98. The van der Waals surface area contributed by atoms with Crippen molar-refractivity contribution in [3.05, 3.63) is 29.8 Å². The maximum absolute atomic E-state index is 12.9. The molecule has 1 aromatic carbocycles. The molecule has 106 valence electrons. The number of para-hydroxylation sites is 1. The molecule has 0 saturated heterocycles. The number of nitrogens with zero attached hydrogens (tertiary/aromatic N) is 1. The molecule has 2 nitrogen and oxygen atoms in total. The molecule has 1 aliphatic carbocycles. The summed E-state index contributed by atoms with van der Waals surface area (Å²) in [6, 6.07) is 5.65. The lowest BCUT2D eigenvalue weighted by molar-refractivity contribution is -0.137. The molecule has 0 bridgehead atoms. The molecule has 0 aromatic heterocycles. The van der Waals surface area contributed by atoms with E-state index in [0.717, 1.165) is 25.3 Å². The van der Waals surface area contributed by atoms with Gasteiger partial charge in [-0.3, -0.25) is 0 Å². The summed E-state index contributed by atoms with van der Waals surface area (Å²) in [7, 11) is 3.97. The summed E-state index contributed by atoms with van der Waals surface area (Å²) < 4.78 is 38.6. The molecular weight excluding hydrogens is 253 g/mol. The van der Waals surface area contributed by atoms with Crippen molar-refractivity contribution in [3.63, 3.8) is 0 Å². The Hall–Kier alpha value is -1.23. The van der Waals surface area contributed by atoms with Gasteiger partial charge in [-0.1, -0.05) is 12.1 Å². The van der Waals surface area contributed by atoms with E-state index >= 15 is 0 Å². The highest BCUT2D eigenvalue weighted by Crippen LogP contribution is 2.38.